The summed E-state index contributed by atoms with van der Waals surface area (Å²) in [4.78, 5) is 11.1. The van der Waals surface area contributed by atoms with Crippen LogP contribution >= 0.6 is 0 Å². The second-order valence-electron chi connectivity index (χ2n) is 7.07. The molecule has 0 bridgehead atoms. The third-order valence-electron chi connectivity index (χ3n) is 4.93. The van der Waals surface area contributed by atoms with Crippen LogP contribution in [-0.4, -0.2) is 21.3 Å². The second-order valence-corrected chi connectivity index (χ2v) is 7.07. The Hall–Kier alpha value is -3.26. The van der Waals surface area contributed by atoms with Gasteiger partial charge in [0.15, 0.2) is 0 Å². The summed E-state index contributed by atoms with van der Waals surface area (Å²) < 4.78 is 6.15. The maximum Gasteiger partial charge on any atom is 0.304 e. The Morgan fingerprint density at radius 3 is 2.66 bits per heavy atom. The van der Waals surface area contributed by atoms with Crippen LogP contribution in [0.2, 0.25) is 0 Å². The molecule has 2 aromatic carbocycles. The lowest BCUT2D eigenvalue weighted by molar-refractivity contribution is -0.137. The summed E-state index contributed by atoms with van der Waals surface area (Å²) >= 11 is 0. The molecule has 29 heavy (non-hydrogen) atoms. The average Bonchev–Trinajstić information content (AvgIpc) is 3.11. The standard InChI is InChI=1S/C24H26N2O3/c1-4-7-18(15-23(27)28)17-11-13-19(14-12-17)29-16(3)20-9-6-10-21-22(8-5-2)25-26-24(20)21/h6,9-14,16,18H,5,8,15H2,1-3H3,(H,25,26)(H,27,28). The summed E-state index contributed by atoms with van der Waals surface area (Å²) in [5.41, 5.74) is 4.01. The third kappa shape index (κ3) is 4.78. The van der Waals surface area contributed by atoms with E-state index in [0.717, 1.165) is 46.3 Å². The Morgan fingerprint density at radius 2 is 2.00 bits per heavy atom. The first-order chi connectivity index (χ1) is 14.0. The maximum atomic E-state index is 11.1. The molecule has 5 heteroatoms. The van der Waals surface area contributed by atoms with E-state index in [4.69, 9.17) is 9.84 Å². The Labute approximate surface area is 171 Å². The van der Waals surface area contributed by atoms with E-state index in [2.05, 4.69) is 35.0 Å². The molecule has 2 unspecified atom stereocenters. The van der Waals surface area contributed by atoms with Gasteiger partial charge < -0.3 is 9.84 Å². The molecule has 0 radical (unpaired) electrons. The fourth-order valence-electron chi connectivity index (χ4n) is 3.53. The van der Waals surface area contributed by atoms with Crippen molar-refractivity contribution in [2.24, 2.45) is 0 Å². The largest absolute Gasteiger partial charge is 0.486 e. The summed E-state index contributed by atoms with van der Waals surface area (Å²) in [5.74, 6) is 5.32. The van der Waals surface area contributed by atoms with Crippen molar-refractivity contribution in [3.05, 3.63) is 59.3 Å². The van der Waals surface area contributed by atoms with E-state index >= 15 is 0 Å². The van der Waals surface area contributed by atoms with Crippen molar-refractivity contribution >= 4 is 16.9 Å². The van der Waals surface area contributed by atoms with E-state index in [1.807, 2.05) is 43.3 Å². The molecule has 0 aliphatic rings. The van der Waals surface area contributed by atoms with Gasteiger partial charge in [-0.3, -0.25) is 9.89 Å². The molecule has 0 fully saturated rings. The van der Waals surface area contributed by atoms with Crippen molar-refractivity contribution in [2.45, 2.75) is 52.1 Å². The highest BCUT2D eigenvalue weighted by Gasteiger charge is 2.16. The summed E-state index contributed by atoms with van der Waals surface area (Å²) in [6.45, 7) is 5.88. The molecule has 2 atom stereocenters. The number of benzene rings is 2. The number of aryl methyl sites for hydroxylation is 1. The molecule has 5 nitrogen and oxygen atoms in total. The van der Waals surface area contributed by atoms with Crippen molar-refractivity contribution in [2.75, 3.05) is 0 Å². The van der Waals surface area contributed by atoms with E-state index in [1.54, 1.807) is 6.92 Å². The highest BCUT2D eigenvalue weighted by atomic mass is 16.5. The van der Waals surface area contributed by atoms with Crippen molar-refractivity contribution in [1.29, 1.82) is 0 Å². The first-order valence-corrected chi connectivity index (χ1v) is 9.90. The molecule has 2 N–H and O–H groups in total. The molecule has 0 saturated carbocycles. The number of H-pyrrole nitrogens is 1. The Kier molecular flexibility index (Phi) is 6.56. The SMILES string of the molecule is CC#CC(CC(=O)O)c1ccc(OC(C)c2cccc3c(CCC)[nH]nc23)cc1. The topological polar surface area (TPSA) is 75.2 Å². The molecule has 3 rings (SSSR count). The number of carboxylic acids is 1. The third-order valence-corrected chi connectivity index (χ3v) is 4.93. The molecular weight excluding hydrogens is 364 g/mol. The van der Waals surface area contributed by atoms with E-state index in [9.17, 15) is 4.79 Å². The fraction of sp³-hybridized carbons (Fsp3) is 0.333. The van der Waals surface area contributed by atoms with Crippen LogP contribution in [0, 0.1) is 11.8 Å². The van der Waals surface area contributed by atoms with Gasteiger partial charge in [0, 0.05) is 16.6 Å². The number of aliphatic carboxylic acids is 1. The number of nitrogens with one attached hydrogen (secondary N) is 1. The minimum absolute atomic E-state index is 0.0152. The molecule has 0 spiro atoms. The highest BCUT2D eigenvalue weighted by molar-refractivity contribution is 5.84. The Bertz CT molecular complexity index is 1040. The zero-order valence-corrected chi connectivity index (χ0v) is 17.0. The lowest BCUT2D eigenvalue weighted by Crippen LogP contribution is -2.06. The second kappa shape index (κ2) is 9.29. The van der Waals surface area contributed by atoms with Crippen LogP contribution in [0.25, 0.3) is 10.9 Å². The number of fused-ring (bicyclic) bond motifs is 1. The number of aromatic nitrogens is 2. The minimum atomic E-state index is -0.860. The molecule has 0 amide bonds. The number of hydrogen-bond donors (Lipinski definition) is 2. The number of nitrogens with zero attached hydrogens (tertiary/aromatic N) is 1. The summed E-state index contributed by atoms with van der Waals surface area (Å²) in [7, 11) is 0. The molecular formula is C24H26N2O3. The van der Waals surface area contributed by atoms with Gasteiger partial charge in [0.25, 0.3) is 0 Å². The predicted molar refractivity (Wildman–Crippen MR) is 114 cm³/mol. The van der Waals surface area contributed by atoms with E-state index < -0.39 is 5.97 Å². The fourth-order valence-corrected chi connectivity index (χ4v) is 3.53. The maximum absolute atomic E-state index is 11.1. The van der Waals surface area contributed by atoms with Crippen molar-refractivity contribution < 1.29 is 14.6 Å². The average molecular weight is 390 g/mol. The zero-order valence-electron chi connectivity index (χ0n) is 17.0. The van der Waals surface area contributed by atoms with Crippen molar-refractivity contribution in [3.63, 3.8) is 0 Å². The van der Waals surface area contributed by atoms with Crippen molar-refractivity contribution in [1.82, 2.24) is 10.2 Å². The number of para-hydroxylation sites is 1. The summed E-state index contributed by atoms with van der Waals surface area (Å²) in [6.07, 6.45) is 1.84. The van der Waals surface area contributed by atoms with Gasteiger partial charge in [-0.15, -0.1) is 5.92 Å². The van der Waals surface area contributed by atoms with E-state index in [0.29, 0.717) is 0 Å². The number of aromatic amines is 1. The molecule has 0 aliphatic heterocycles. The quantitative estimate of drug-likeness (QED) is 0.516. The van der Waals surface area contributed by atoms with Gasteiger partial charge in [-0.25, -0.2) is 0 Å². The van der Waals surface area contributed by atoms with Crippen molar-refractivity contribution in [3.8, 4) is 17.6 Å². The van der Waals surface area contributed by atoms with Gasteiger partial charge >= 0.3 is 5.97 Å². The van der Waals surface area contributed by atoms with Gasteiger partial charge in [-0.1, -0.05) is 49.6 Å². The molecule has 0 aliphatic carbocycles. The van der Waals surface area contributed by atoms with Crippen LogP contribution in [0.4, 0.5) is 0 Å². The van der Waals surface area contributed by atoms with Gasteiger partial charge in [0.1, 0.15) is 11.9 Å². The van der Waals surface area contributed by atoms with E-state index in [-0.39, 0.29) is 18.4 Å². The molecule has 150 valence electrons. The van der Waals surface area contributed by atoms with Crippen LogP contribution < -0.4 is 4.74 Å². The first kappa shape index (κ1) is 20.5. The van der Waals surface area contributed by atoms with Gasteiger partial charge in [0.2, 0.25) is 0 Å². The number of rotatable bonds is 8. The summed E-state index contributed by atoms with van der Waals surface area (Å²) in [6, 6.07) is 13.7. The summed E-state index contributed by atoms with van der Waals surface area (Å²) in [5, 5.41) is 17.9. The highest BCUT2D eigenvalue weighted by Crippen LogP contribution is 2.30. The van der Waals surface area contributed by atoms with Gasteiger partial charge in [-0.2, -0.15) is 5.10 Å². The van der Waals surface area contributed by atoms with Crippen LogP contribution in [0.3, 0.4) is 0 Å². The van der Waals surface area contributed by atoms with Crippen LogP contribution in [-0.2, 0) is 11.2 Å². The predicted octanol–water partition coefficient (Wildman–Crippen LogP) is 5.24. The smallest absolute Gasteiger partial charge is 0.304 e. The number of carboxylic acid groups (broad SMARTS) is 1. The monoisotopic (exact) mass is 390 g/mol. The number of hydrogen-bond acceptors (Lipinski definition) is 3. The molecule has 3 aromatic rings. The van der Waals surface area contributed by atoms with Crippen LogP contribution in [0.15, 0.2) is 42.5 Å². The minimum Gasteiger partial charge on any atom is -0.486 e. The first-order valence-electron chi connectivity index (χ1n) is 9.90. The molecule has 1 heterocycles. The normalized spacial score (nSPS) is 12.8. The molecule has 0 saturated heterocycles. The van der Waals surface area contributed by atoms with Crippen LogP contribution in [0.1, 0.15) is 62.5 Å². The number of ether oxygens (including phenoxy) is 1. The Morgan fingerprint density at radius 1 is 1.24 bits per heavy atom. The van der Waals surface area contributed by atoms with E-state index in [1.165, 1.54) is 0 Å². The molecule has 1 aromatic heterocycles. The van der Waals surface area contributed by atoms with Gasteiger partial charge in [-0.05, 0) is 38.0 Å². The Balaban J connectivity index is 1.79. The zero-order chi connectivity index (χ0) is 20.8. The lowest BCUT2D eigenvalue weighted by atomic mass is 9.96. The number of carbonyl (C=O) groups is 1. The van der Waals surface area contributed by atoms with Gasteiger partial charge in [0.05, 0.1) is 17.9 Å². The lowest BCUT2D eigenvalue weighted by Gasteiger charge is -2.16. The van der Waals surface area contributed by atoms with Crippen LogP contribution in [0.5, 0.6) is 5.75 Å².